The van der Waals surface area contributed by atoms with Gasteiger partial charge in [-0.2, -0.15) is 13.2 Å². The second kappa shape index (κ2) is 6.24. The number of alkyl halides is 4. The number of morpholine rings is 1. The van der Waals surface area contributed by atoms with Gasteiger partial charge in [0.25, 0.3) is 0 Å². The summed E-state index contributed by atoms with van der Waals surface area (Å²) in [5, 5.41) is 0.742. The molecule has 0 aromatic heterocycles. The molecule has 6 heteroatoms. The van der Waals surface area contributed by atoms with Crippen molar-refractivity contribution in [1.29, 1.82) is 0 Å². The molecular formula is C13H15BrF3NO. The van der Waals surface area contributed by atoms with Gasteiger partial charge in [0.15, 0.2) is 0 Å². The fraction of sp³-hybridized carbons (Fsp3) is 0.538. The van der Waals surface area contributed by atoms with Gasteiger partial charge in [-0.25, -0.2) is 0 Å². The third kappa shape index (κ3) is 4.19. The number of benzene rings is 1. The highest BCUT2D eigenvalue weighted by Gasteiger charge is 2.30. The molecule has 2 nitrogen and oxygen atoms in total. The summed E-state index contributed by atoms with van der Waals surface area (Å²) in [5.41, 5.74) is 0.0975. The van der Waals surface area contributed by atoms with Gasteiger partial charge in [0.05, 0.1) is 18.3 Å². The average molecular weight is 338 g/mol. The molecule has 1 saturated heterocycles. The summed E-state index contributed by atoms with van der Waals surface area (Å²) in [6.07, 6.45) is -4.17. The summed E-state index contributed by atoms with van der Waals surface area (Å²) in [4.78, 5) is 2.12. The van der Waals surface area contributed by atoms with Crippen LogP contribution in [0.3, 0.4) is 0 Å². The Morgan fingerprint density at radius 1 is 1.37 bits per heavy atom. The highest BCUT2D eigenvalue weighted by atomic mass is 79.9. The molecule has 0 radical (unpaired) electrons. The first-order valence-electron chi connectivity index (χ1n) is 6.05. The molecule has 0 bridgehead atoms. The molecule has 0 N–H and O–H groups in total. The Morgan fingerprint density at radius 3 is 2.84 bits per heavy atom. The summed E-state index contributed by atoms with van der Waals surface area (Å²) in [7, 11) is 0. The van der Waals surface area contributed by atoms with E-state index in [0.717, 1.165) is 24.5 Å². The molecule has 1 aliphatic rings. The van der Waals surface area contributed by atoms with Crippen LogP contribution < -0.4 is 0 Å². The van der Waals surface area contributed by atoms with E-state index in [0.29, 0.717) is 18.7 Å². The van der Waals surface area contributed by atoms with Gasteiger partial charge in [-0.3, -0.25) is 4.90 Å². The topological polar surface area (TPSA) is 12.5 Å². The molecule has 1 aliphatic heterocycles. The molecule has 2 rings (SSSR count). The maximum Gasteiger partial charge on any atom is 0.416 e. The summed E-state index contributed by atoms with van der Waals surface area (Å²) in [6.45, 7) is 2.63. The lowest BCUT2D eigenvalue weighted by atomic mass is 10.1. The molecule has 0 aliphatic carbocycles. The van der Waals surface area contributed by atoms with Crippen LogP contribution in [-0.4, -0.2) is 36.0 Å². The highest BCUT2D eigenvalue weighted by molar-refractivity contribution is 9.09. The fourth-order valence-corrected chi connectivity index (χ4v) is 2.51. The molecule has 1 heterocycles. The molecule has 1 fully saturated rings. The van der Waals surface area contributed by atoms with Crippen LogP contribution in [0.25, 0.3) is 0 Å². The smallest absolute Gasteiger partial charge is 0.375 e. The van der Waals surface area contributed by atoms with Crippen LogP contribution in [-0.2, 0) is 17.5 Å². The maximum atomic E-state index is 12.6. The van der Waals surface area contributed by atoms with E-state index in [9.17, 15) is 13.2 Å². The monoisotopic (exact) mass is 337 g/mol. The number of halogens is 4. The lowest BCUT2D eigenvalue weighted by Gasteiger charge is -2.32. The second-order valence-electron chi connectivity index (χ2n) is 4.58. The predicted molar refractivity (Wildman–Crippen MR) is 70.3 cm³/mol. The Bertz CT molecular complexity index is 425. The number of nitrogens with zero attached hydrogens (tertiary/aromatic N) is 1. The predicted octanol–water partition coefficient (Wildman–Crippen LogP) is 3.30. The Balaban J connectivity index is 2.03. The van der Waals surface area contributed by atoms with Crippen molar-refractivity contribution in [1.82, 2.24) is 4.90 Å². The molecule has 1 atom stereocenters. The SMILES string of the molecule is FC(F)(F)c1cccc(CN2CCOC(CBr)C2)c1. The van der Waals surface area contributed by atoms with E-state index in [1.54, 1.807) is 6.07 Å². The lowest BCUT2D eigenvalue weighted by Crippen LogP contribution is -2.42. The van der Waals surface area contributed by atoms with Crippen molar-refractivity contribution in [3.05, 3.63) is 35.4 Å². The van der Waals surface area contributed by atoms with Crippen molar-refractivity contribution >= 4 is 15.9 Å². The Labute approximate surface area is 118 Å². The Hall–Kier alpha value is -0.590. The average Bonchev–Trinajstić information content (AvgIpc) is 2.38. The standard InChI is InChI=1S/C13H15BrF3NO/c14-7-12-9-18(4-5-19-12)8-10-2-1-3-11(6-10)13(15,16)17/h1-3,6,12H,4-5,7-9H2. The first-order chi connectivity index (χ1) is 8.99. The summed E-state index contributed by atoms with van der Waals surface area (Å²) in [5.74, 6) is 0. The molecular weight excluding hydrogens is 323 g/mol. The maximum absolute atomic E-state index is 12.6. The van der Waals surface area contributed by atoms with E-state index in [1.165, 1.54) is 12.1 Å². The number of hydrogen-bond donors (Lipinski definition) is 0. The van der Waals surface area contributed by atoms with Crippen LogP contribution in [0.5, 0.6) is 0 Å². The minimum atomic E-state index is -4.28. The summed E-state index contributed by atoms with van der Waals surface area (Å²) < 4.78 is 43.4. The van der Waals surface area contributed by atoms with E-state index >= 15 is 0 Å². The minimum absolute atomic E-state index is 0.111. The molecule has 0 saturated carbocycles. The first kappa shape index (κ1) is 14.8. The van der Waals surface area contributed by atoms with Gasteiger partial charge in [0.2, 0.25) is 0 Å². The molecule has 1 aromatic carbocycles. The zero-order valence-electron chi connectivity index (χ0n) is 10.3. The van der Waals surface area contributed by atoms with Crippen molar-refractivity contribution in [3.8, 4) is 0 Å². The third-order valence-electron chi connectivity index (χ3n) is 3.06. The van der Waals surface area contributed by atoms with Gasteiger partial charge in [-0.05, 0) is 11.6 Å². The van der Waals surface area contributed by atoms with E-state index in [4.69, 9.17) is 4.74 Å². The summed E-state index contributed by atoms with van der Waals surface area (Å²) >= 11 is 3.36. The molecule has 0 spiro atoms. The molecule has 1 unspecified atom stereocenters. The highest BCUT2D eigenvalue weighted by Crippen LogP contribution is 2.29. The van der Waals surface area contributed by atoms with E-state index < -0.39 is 11.7 Å². The fourth-order valence-electron chi connectivity index (χ4n) is 2.12. The van der Waals surface area contributed by atoms with Gasteiger partial charge in [-0.1, -0.05) is 34.1 Å². The normalized spacial score (nSPS) is 21.6. The van der Waals surface area contributed by atoms with Gasteiger partial charge in [-0.15, -0.1) is 0 Å². The van der Waals surface area contributed by atoms with Gasteiger partial charge < -0.3 is 4.74 Å². The second-order valence-corrected chi connectivity index (χ2v) is 5.23. The number of hydrogen-bond acceptors (Lipinski definition) is 2. The number of rotatable bonds is 3. The van der Waals surface area contributed by atoms with E-state index in [2.05, 4.69) is 20.8 Å². The van der Waals surface area contributed by atoms with Crippen molar-refractivity contribution in [2.75, 3.05) is 25.0 Å². The van der Waals surface area contributed by atoms with Gasteiger partial charge in [0.1, 0.15) is 0 Å². The van der Waals surface area contributed by atoms with Crippen LogP contribution in [0.15, 0.2) is 24.3 Å². The molecule has 0 amide bonds. The van der Waals surface area contributed by atoms with Crippen LogP contribution in [0.2, 0.25) is 0 Å². The van der Waals surface area contributed by atoms with Crippen molar-refractivity contribution in [2.24, 2.45) is 0 Å². The Kier molecular flexibility index (Phi) is 4.86. The van der Waals surface area contributed by atoms with Crippen LogP contribution in [0, 0.1) is 0 Å². The van der Waals surface area contributed by atoms with Crippen molar-refractivity contribution in [2.45, 2.75) is 18.8 Å². The van der Waals surface area contributed by atoms with Crippen molar-refractivity contribution in [3.63, 3.8) is 0 Å². The van der Waals surface area contributed by atoms with Crippen LogP contribution >= 0.6 is 15.9 Å². The van der Waals surface area contributed by atoms with Gasteiger partial charge >= 0.3 is 6.18 Å². The van der Waals surface area contributed by atoms with E-state index in [-0.39, 0.29) is 6.10 Å². The zero-order chi connectivity index (χ0) is 13.9. The molecule has 106 valence electrons. The largest absolute Gasteiger partial charge is 0.416 e. The minimum Gasteiger partial charge on any atom is -0.375 e. The number of ether oxygens (including phenoxy) is 1. The van der Waals surface area contributed by atoms with Crippen molar-refractivity contribution < 1.29 is 17.9 Å². The third-order valence-corrected chi connectivity index (χ3v) is 3.78. The molecule has 1 aromatic rings. The first-order valence-corrected chi connectivity index (χ1v) is 7.17. The Morgan fingerprint density at radius 2 is 2.16 bits per heavy atom. The lowest BCUT2D eigenvalue weighted by molar-refractivity contribution is -0.137. The quantitative estimate of drug-likeness (QED) is 0.784. The van der Waals surface area contributed by atoms with Gasteiger partial charge in [0, 0.05) is 25.0 Å². The van der Waals surface area contributed by atoms with Crippen LogP contribution in [0.4, 0.5) is 13.2 Å². The zero-order valence-corrected chi connectivity index (χ0v) is 11.9. The molecule has 19 heavy (non-hydrogen) atoms. The van der Waals surface area contributed by atoms with Crippen LogP contribution in [0.1, 0.15) is 11.1 Å². The van der Waals surface area contributed by atoms with E-state index in [1.807, 2.05) is 0 Å². The summed E-state index contributed by atoms with van der Waals surface area (Å²) in [6, 6.07) is 5.51.